The number of rotatable bonds is 1. The number of phenolic OH excluding ortho intramolecular Hbond substituents is 2. The molecule has 0 aromatic heterocycles. The molecule has 0 saturated heterocycles. The van der Waals surface area contributed by atoms with Gasteiger partial charge in [0, 0.05) is 5.56 Å². The summed E-state index contributed by atoms with van der Waals surface area (Å²) in [6.45, 7) is 4.07. The summed E-state index contributed by atoms with van der Waals surface area (Å²) >= 11 is 0. The van der Waals surface area contributed by atoms with Crippen molar-refractivity contribution < 1.29 is 10.2 Å². The van der Waals surface area contributed by atoms with Gasteiger partial charge >= 0.3 is 0 Å². The summed E-state index contributed by atoms with van der Waals surface area (Å²) in [7, 11) is 0. The van der Waals surface area contributed by atoms with Crippen molar-refractivity contribution in [2.45, 2.75) is 13.8 Å². The number of aromatic hydroxyl groups is 2. The lowest BCUT2D eigenvalue weighted by Gasteiger charge is -2.08. The van der Waals surface area contributed by atoms with E-state index in [1.807, 2.05) is 32.0 Å². The number of phenols is 2. The van der Waals surface area contributed by atoms with Crippen LogP contribution < -0.4 is 0 Å². The van der Waals surface area contributed by atoms with E-state index in [-0.39, 0.29) is 11.5 Å². The molecular formula is C14H14O2. The molecule has 0 heterocycles. The van der Waals surface area contributed by atoms with Crippen LogP contribution in [0.1, 0.15) is 11.1 Å². The maximum Gasteiger partial charge on any atom is 0.165 e. The third-order valence-electron chi connectivity index (χ3n) is 2.83. The van der Waals surface area contributed by atoms with Gasteiger partial charge in [-0.15, -0.1) is 0 Å². The van der Waals surface area contributed by atoms with Crippen molar-refractivity contribution in [2.75, 3.05) is 0 Å². The second kappa shape index (κ2) is 3.89. The predicted molar refractivity (Wildman–Crippen MR) is 64.7 cm³/mol. The van der Waals surface area contributed by atoms with Gasteiger partial charge < -0.3 is 10.2 Å². The summed E-state index contributed by atoms with van der Waals surface area (Å²) in [5.74, 6) is -0.151. The molecule has 0 fully saturated rings. The number of hydrogen-bond acceptors (Lipinski definition) is 2. The smallest absolute Gasteiger partial charge is 0.165 e. The summed E-state index contributed by atoms with van der Waals surface area (Å²) < 4.78 is 0. The summed E-state index contributed by atoms with van der Waals surface area (Å²) in [5.41, 5.74) is 3.95. The molecule has 0 aliphatic carbocycles. The lowest BCUT2D eigenvalue weighted by molar-refractivity contribution is 0.405. The van der Waals surface area contributed by atoms with E-state index in [0.29, 0.717) is 5.56 Å². The molecule has 2 nitrogen and oxygen atoms in total. The van der Waals surface area contributed by atoms with Crippen molar-refractivity contribution in [3.05, 3.63) is 47.5 Å². The quantitative estimate of drug-likeness (QED) is 0.714. The van der Waals surface area contributed by atoms with E-state index < -0.39 is 0 Å². The van der Waals surface area contributed by atoms with Crippen LogP contribution in [0.2, 0.25) is 0 Å². The summed E-state index contributed by atoms with van der Waals surface area (Å²) in [5, 5.41) is 19.2. The molecule has 0 bridgehead atoms. The molecule has 2 heteroatoms. The van der Waals surface area contributed by atoms with Crippen LogP contribution in [0, 0.1) is 13.8 Å². The Kier molecular flexibility index (Phi) is 2.57. The second-order valence-electron chi connectivity index (χ2n) is 3.97. The van der Waals surface area contributed by atoms with Gasteiger partial charge in [-0.3, -0.25) is 0 Å². The fourth-order valence-electron chi connectivity index (χ4n) is 1.67. The molecule has 0 radical (unpaired) electrons. The second-order valence-corrected chi connectivity index (χ2v) is 3.97. The molecule has 0 amide bonds. The monoisotopic (exact) mass is 214 g/mol. The fourth-order valence-corrected chi connectivity index (χ4v) is 1.67. The number of aryl methyl sites for hydroxylation is 2. The van der Waals surface area contributed by atoms with E-state index in [2.05, 4.69) is 0 Å². The van der Waals surface area contributed by atoms with Crippen LogP contribution in [0.25, 0.3) is 11.1 Å². The third kappa shape index (κ3) is 1.74. The number of para-hydroxylation sites is 1. The first-order valence-corrected chi connectivity index (χ1v) is 5.18. The zero-order chi connectivity index (χ0) is 11.7. The topological polar surface area (TPSA) is 40.5 Å². The van der Waals surface area contributed by atoms with E-state index in [9.17, 15) is 10.2 Å². The van der Waals surface area contributed by atoms with Gasteiger partial charge in [0.15, 0.2) is 11.5 Å². The highest BCUT2D eigenvalue weighted by Crippen LogP contribution is 2.36. The van der Waals surface area contributed by atoms with Crippen molar-refractivity contribution in [1.29, 1.82) is 0 Å². The normalized spacial score (nSPS) is 10.4. The Morgan fingerprint density at radius 1 is 0.875 bits per heavy atom. The molecular weight excluding hydrogens is 200 g/mol. The maximum atomic E-state index is 9.76. The average molecular weight is 214 g/mol. The molecule has 0 aliphatic heterocycles. The van der Waals surface area contributed by atoms with E-state index in [1.165, 1.54) is 17.2 Å². The Balaban J connectivity index is 2.59. The van der Waals surface area contributed by atoms with E-state index in [4.69, 9.17) is 0 Å². The first-order valence-electron chi connectivity index (χ1n) is 5.18. The first-order chi connectivity index (χ1) is 7.59. The molecule has 2 rings (SSSR count). The van der Waals surface area contributed by atoms with Gasteiger partial charge in [0.1, 0.15) is 0 Å². The minimum Gasteiger partial charge on any atom is -0.504 e. The van der Waals surface area contributed by atoms with Crippen molar-refractivity contribution in [1.82, 2.24) is 0 Å². The predicted octanol–water partition coefficient (Wildman–Crippen LogP) is 3.38. The SMILES string of the molecule is Cc1ccc(-c2cccc(O)c2O)cc1C. The Morgan fingerprint density at radius 2 is 1.62 bits per heavy atom. The van der Waals surface area contributed by atoms with Gasteiger partial charge in [-0.2, -0.15) is 0 Å². The van der Waals surface area contributed by atoms with E-state index >= 15 is 0 Å². The molecule has 0 atom stereocenters. The van der Waals surface area contributed by atoms with Crippen molar-refractivity contribution >= 4 is 0 Å². The van der Waals surface area contributed by atoms with Crippen LogP contribution in [-0.2, 0) is 0 Å². The van der Waals surface area contributed by atoms with Crippen LogP contribution in [0.15, 0.2) is 36.4 Å². The van der Waals surface area contributed by atoms with Crippen LogP contribution in [0.5, 0.6) is 11.5 Å². The zero-order valence-electron chi connectivity index (χ0n) is 9.36. The van der Waals surface area contributed by atoms with Crippen molar-refractivity contribution in [2.24, 2.45) is 0 Å². The highest BCUT2D eigenvalue weighted by molar-refractivity contribution is 5.73. The molecule has 0 aliphatic rings. The molecule has 0 spiro atoms. The minimum atomic E-state index is -0.0873. The molecule has 0 saturated carbocycles. The maximum absolute atomic E-state index is 9.76. The van der Waals surface area contributed by atoms with Gasteiger partial charge in [0.25, 0.3) is 0 Å². The number of hydrogen-bond donors (Lipinski definition) is 2. The van der Waals surface area contributed by atoms with Crippen molar-refractivity contribution in [3.8, 4) is 22.6 Å². The Morgan fingerprint density at radius 3 is 2.31 bits per heavy atom. The average Bonchev–Trinajstić information content (AvgIpc) is 2.26. The van der Waals surface area contributed by atoms with Crippen LogP contribution in [-0.4, -0.2) is 10.2 Å². The molecule has 2 N–H and O–H groups in total. The van der Waals surface area contributed by atoms with E-state index in [1.54, 1.807) is 12.1 Å². The van der Waals surface area contributed by atoms with Gasteiger partial charge in [-0.05, 0) is 36.6 Å². The van der Waals surface area contributed by atoms with Gasteiger partial charge in [-0.25, -0.2) is 0 Å². The lowest BCUT2D eigenvalue weighted by atomic mass is 9.99. The summed E-state index contributed by atoms with van der Waals surface area (Å²) in [4.78, 5) is 0. The zero-order valence-corrected chi connectivity index (χ0v) is 9.36. The fraction of sp³-hybridized carbons (Fsp3) is 0.143. The molecule has 82 valence electrons. The lowest BCUT2D eigenvalue weighted by Crippen LogP contribution is -1.84. The molecule has 16 heavy (non-hydrogen) atoms. The Hall–Kier alpha value is -1.96. The standard InChI is InChI=1S/C14H14O2/c1-9-6-7-11(8-10(9)2)12-4-3-5-13(15)14(12)16/h3-8,15-16H,1-2H3. The summed E-state index contributed by atoms with van der Waals surface area (Å²) in [6, 6.07) is 10.9. The minimum absolute atomic E-state index is 0.0641. The van der Waals surface area contributed by atoms with Crippen molar-refractivity contribution in [3.63, 3.8) is 0 Å². The molecule has 0 unspecified atom stereocenters. The van der Waals surface area contributed by atoms with Crippen LogP contribution in [0.4, 0.5) is 0 Å². The van der Waals surface area contributed by atoms with E-state index in [0.717, 1.165) is 5.56 Å². The van der Waals surface area contributed by atoms with Gasteiger partial charge in [-0.1, -0.05) is 30.3 Å². The van der Waals surface area contributed by atoms with Crippen LogP contribution >= 0.6 is 0 Å². The largest absolute Gasteiger partial charge is 0.504 e. The molecule has 2 aromatic rings. The van der Waals surface area contributed by atoms with Crippen LogP contribution in [0.3, 0.4) is 0 Å². The number of benzene rings is 2. The first kappa shape index (κ1) is 10.6. The highest BCUT2D eigenvalue weighted by Gasteiger charge is 2.08. The summed E-state index contributed by atoms with van der Waals surface area (Å²) in [6.07, 6.45) is 0. The van der Waals surface area contributed by atoms with Gasteiger partial charge in [0.05, 0.1) is 0 Å². The van der Waals surface area contributed by atoms with Gasteiger partial charge in [0.2, 0.25) is 0 Å². The Labute approximate surface area is 94.8 Å². The third-order valence-corrected chi connectivity index (χ3v) is 2.83. The molecule has 2 aromatic carbocycles. The highest BCUT2D eigenvalue weighted by atomic mass is 16.3. The Bertz CT molecular complexity index is 530.